The number of esters is 1. The topological polar surface area (TPSA) is 90.1 Å². The van der Waals surface area contributed by atoms with E-state index in [0.717, 1.165) is 10.5 Å². The van der Waals surface area contributed by atoms with Crippen molar-refractivity contribution < 1.29 is 19.4 Å². The Labute approximate surface area is 224 Å². The van der Waals surface area contributed by atoms with Crippen LogP contribution in [0.5, 0.6) is 11.5 Å². The number of aromatic hydroxyl groups is 1. The highest BCUT2D eigenvalue weighted by molar-refractivity contribution is 9.10. The van der Waals surface area contributed by atoms with Crippen molar-refractivity contribution in [2.75, 3.05) is 13.4 Å². The first-order chi connectivity index (χ1) is 17.1. The number of phenolic OH excluding ortho intramolecular Hbond substituents is 1. The SMILES string of the molecule is COc1cc(/C=c2\sc3n(c2=O)[C@@H](c2ccc(SC)cc2)C(C(=O)OC(C)C)=C(C)N=3)cc(Br)c1O. The van der Waals surface area contributed by atoms with Gasteiger partial charge in [0.25, 0.3) is 5.56 Å². The van der Waals surface area contributed by atoms with E-state index in [1.807, 2.05) is 30.5 Å². The van der Waals surface area contributed by atoms with E-state index >= 15 is 0 Å². The first-order valence-electron chi connectivity index (χ1n) is 11.1. The minimum atomic E-state index is -0.674. The highest BCUT2D eigenvalue weighted by Gasteiger charge is 2.33. The number of nitrogens with zero attached hydrogens (tertiary/aromatic N) is 2. The van der Waals surface area contributed by atoms with Crippen molar-refractivity contribution in [3.05, 3.63) is 83.0 Å². The van der Waals surface area contributed by atoms with E-state index in [2.05, 4.69) is 20.9 Å². The monoisotopic (exact) mass is 588 g/mol. The van der Waals surface area contributed by atoms with E-state index in [0.29, 0.717) is 30.6 Å². The van der Waals surface area contributed by atoms with Crippen LogP contribution in [0.3, 0.4) is 0 Å². The van der Waals surface area contributed by atoms with E-state index in [1.54, 1.807) is 55.3 Å². The van der Waals surface area contributed by atoms with Crippen molar-refractivity contribution in [1.82, 2.24) is 4.57 Å². The average molecular weight is 590 g/mol. The molecule has 0 spiro atoms. The molecule has 0 aliphatic carbocycles. The van der Waals surface area contributed by atoms with Gasteiger partial charge in [0.15, 0.2) is 16.3 Å². The molecule has 2 aromatic carbocycles. The third kappa shape index (κ3) is 5.02. The number of aromatic nitrogens is 1. The smallest absolute Gasteiger partial charge is 0.338 e. The lowest BCUT2D eigenvalue weighted by Crippen LogP contribution is -2.40. The van der Waals surface area contributed by atoms with Gasteiger partial charge in [-0.3, -0.25) is 9.36 Å². The molecule has 10 heteroatoms. The quantitative estimate of drug-likeness (QED) is 0.339. The molecule has 1 aliphatic rings. The second-order valence-electron chi connectivity index (χ2n) is 8.36. The highest BCUT2D eigenvalue weighted by Crippen LogP contribution is 2.35. The Balaban J connectivity index is 1.94. The first-order valence-corrected chi connectivity index (χ1v) is 13.9. The summed E-state index contributed by atoms with van der Waals surface area (Å²) in [6.45, 7) is 5.34. The second kappa shape index (κ2) is 10.7. The fraction of sp³-hybridized carbons (Fsp3) is 0.269. The summed E-state index contributed by atoms with van der Waals surface area (Å²) in [6, 6.07) is 10.5. The number of carbonyl (C=O) groups is 1. The zero-order valence-electron chi connectivity index (χ0n) is 20.4. The van der Waals surface area contributed by atoms with Gasteiger partial charge in [0.05, 0.1) is 39.5 Å². The highest BCUT2D eigenvalue weighted by atomic mass is 79.9. The first kappa shape index (κ1) is 26.2. The number of ether oxygens (including phenoxy) is 2. The zero-order chi connectivity index (χ0) is 26.1. The molecule has 4 rings (SSSR count). The van der Waals surface area contributed by atoms with Crippen molar-refractivity contribution in [2.24, 2.45) is 4.99 Å². The van der Waals surface area contributed by atoms with Gasteiger partial charge in [-0.1, -0.05) is 23.5 Å². The van der Waals surface area contributed by atoms with Crippen molar-refractivity contribution in [3.63, 3.8) is 0 Å². The van der Waals surface area contributed by atoms with Crippen LogP contribution in [0.1, 0.15) is 37.9 Å². The summed E-state index contributed by atoms with van der Waals surface area (Å²) < 4.78 is 13.2. The van der Waals surface area contributed by atoms with E-state index in [-0.39, 0.29) is 23.2 Å². The molecular weight excluding hydrogens is 564 g/mol. The van der Waals surface area contributed by atoms with Gasteiger partial charge in [0.1, 0.15) is 0 Å². The Morgan fingerprint density at radius 2 is 1.97 bits per heavy atom. The number of methoxy groups -OCH3 is 1. The Morgan fingerprint density at radius 3 is 2.58 bits per heavy atom. The standard InChI is InChI=1S/C26H25BrN2O5S2/c1-13(2)34-25(32)21-14(3)28-26-29(22(21)16-6-8-17(35-5)9-7-16)24(31)20(36-26)12-15-10-18(27)23(30)19(11-15)33-4/h6-13,22,30H,1-5H3/b20-12-/t22-/m0/s1. The molecule has 0 amide bonds. The molecule has 0 saturated heterocycles. The van der Waals surface area contributed by atoms with Crippen LogP contribution in [-0.4, -0.2) is 35.1 Å². The molecule has 7 nitrogen and oxygen atoms in total. The number of carbonyl (C=O) groups excluding carboxylic acids is 1. The molecule has 0 radical (unpaired) electrons. The maximum absolute atomic E-state index is 13.7. The van der Waals surface area contributed by atoms with Crippen LogP contribution in [-0.2, 0) is 9.53 Å². The van der Waals surface area contributed by atoms with Gasteiger partial charge in [-0.15, -0.1) is 11.8 Å². The summed E-state index contributed by atoms with van der Waals surface area (Å²) in [5.74, 6) is -0.231. The van der Waals surface area contributed by atoms with Gasteiger partial charge >= 0.3 is 5.97 Å². The van der Waals surface area contributed by atoms with Crippen molar-refractivity contribution in [3.8, 4) is 11.5 Å². The number of thiazole rings is 1. The number of hydrogen-bond donors (Lipinski definition) is 1. The van der Waals surface area contributed by atoms with Crippen LogP contribution >= 0.6 is 39.0 Å². The fourth-order valence-electron chi connectivity index (χ4n) is 3.95. The van der Waals surface area contributed by atoms with E-state index < -0.39 is 12.0 Å². The molecule has 0 unspecified atom stereocenters. The number of benzene rings is 2. The minimum Gasteiger partial charge on any atom is -0.503 e. The van der Waals surface area contributed by atoms with Crippen LogP contribution < -0.4 is 19.6 Å². The van der Waals surface area contributed by atoms with E-state index in [9.17, 15) is 14.7 Å². The average Bonchev–Trinajstić information content (AvgIpc) is 3.14. The molecule has 0 saturated carbocycles. The molecule has 1 aromatic heterocycles. The summed E-state index contributed by atoms with van der Waals surface area (Å²) in [5, 5.41) is 10.1. The van der Waals surface area contributed by atoms with Gasteiger partial charge < -0.3 is 14.6 Å². The van der Waals surface area contributed by atoms with Gasteiger partial charge in [-0.25, -0.2) is 9.79 Å². The second-order valence-corrected chi connectivity index (χ2v) is 11.1. The third-order valence-electron chi connectivity index (χ3n) is 5.58. The minimum absolute atomic E-state index is 0.0197. The predicted molar refractivity (Wildman–Crippen MR) is 146 cm³/mol. The lowest BCUT2D eigenvalue weighted by molar-refractivity contribution is -0.143. The summed E-state index contributed by atoms with van der Waals surface area (Å²) in [7, 11) is 1.46. The lowest BCUT2D eigenvalue weighted by atomic mass is 9.96. The number of phenols is 1. The van der Waals surface area contributed by atoms with Crippen LogP contribution in [0, 0.1) is 0 Å². The van der Waals surface area contributed by atoms with E-state index in [4.69, 9.17) is 9.47 Å². The molecule has 2 heterocycles. The summed E-state index contributed by atoms with van der Waals surface area (Å²) in [4.78, 5) is 33.1. The molecule has 188 valence electrons. The van der Waals surface area contributed by atoms with Gasteiger partial charge in [0.2, 0.25) is 0 Å². The zero-order valence-corrected chi connectivity index (χ0v) is 23.6. The maximum Gasteiger partial charge on any atom is 0.338 e. The number of thioether (sulfide) groups is 1. The Morgan fingerprint density at radius 1 is 1.28 bits per heavy atom. The molecule has 1 atom stereocenters. The molecule has 36 heavy (non-hydrogen) atoms. The van der Waals surface area contributed by atoms with Crippen LogP contribution in [0.4, 0.5) is 0 Å². The third-order valence-corrected chi connectivity index (χ3v) is 7.92. The fourth-order valence-corrected chi connectivity index (χ4v) is 5.86. The van der Waals surface area contributed by atoms with E-state index in [1.165, 1.54) is 18.4 Å². The van der Waals surface area contributed by atoms with Crippen LogP contribution in [0.15, 0.2) is 66.8 Å². The van der Waals surface area contributed by atoms with Crippen molar-refractivity contribution in [1.29, 1.82) is 0 Å². The lowest BCUT2D eigenvalue weighted by Gasteiger charge is -2.25. The maximum atomic E-state index is 13.7. The van der Waals surface area contributed by atoms with Gasteiger partial charge in [-0.2, -0.15) is 0 Å². The normalized spacial score (nSPS) is 15.6. The Kier molecular flexibility index (Phi) is 7.77. The largest absolute Gasteiger partial charge is 0.503 e. The molecule has 0 fully saturated rings. The van der Waals surface area contributed by atoms with Crippen molar-refractivity contribution in [2.45, 2.75) is 37.8 Å². The molecule has 0 bridgehead atoms. The number of hydrogen-bond acceptors (Lipinski definition) is 8. The summed E-state index contributed by atoms with van der Waals surface area (Å²) >= 11 is 6.17. The van der Waals surface area contributed by atoms with Gasteiger partial charge in [-0.05, 0) is 84.4 Å². The number of rotatable bonds is 6. The van der Waals surface area contributed by atoms with Crippen LogP contribution in [0.25, 0.3) is 6.08 Å². The molecule has 1 N–H and O–H groups in total. The molecular formula is C26H25BrN2O5S2. The molecule has 3 aromatic rings. The van der Waals surface area contributed by atoms with Crippen LogP contribution in [0.2, 0.25) is 0 Å². The Bertz CT molecular complexity index is 1540. The molecule has 1 aliphatic heterocycles. The Hall–Kier alpha value is -2.82. The summed E-state index contributed by atoms with van der Waals surface area (Å²) in [6.07, 6.45) is 3.39. The number of allylic oxidation sites excluding steroid dienone is 1. The van der Waals surface area contributed by atoms with Gasteiger partial charge in [0, 0.05) is 4.90 Å². The number of halogens is 1. The number of fused-ring (bicyclic) bond motifs is 1. The van der Waals surface area contributed by atoms with Crippen molar-refractivity contribution >= 4 is 51.1 Å². The predicted octanol–water partition coefficient (Wildman–Crippen LogP) is 4.39. The summed E-state index contributed by atoms with van der Waals surface area (Å²) in [5.41, 5.74) is 2.04.